The standard InChI is InChI=1S/C13H22N2/c1-5-12(14)9-11-6-7-13(15(3)4)8-10(11)2/h6-8,12H,5,9,14H2,1-4H3. The third-order valence-electron chi connectivity index (χ3n) is 2.85. The molecule has 1 unspecified atom stereocenters. The summed E-state index contributed by atoms with van der Waals surface area (Å²) in [6, 6.07) is 6.86. The number of anilines is 1. The van der Waals surface area contributed by atoms with Crippen molar-refractivity contribution in [2.75, 3.05) is 19.0 Å². The molecule has 0 aliphatic rings. The minimum absolute atomic E-state index is 0.286. The summed E-state index contributed by atoms with van der Waals surface area (Å²) in [5.41, 5.74) is 9.92. The second kappa shape index (κ2) is 5.17. The monoisotopic (exact) mass is 206 g/mol. The molecular formula is C13H22N2. The van der Waals surface area contributed by atoms with Crippen LogP contribution in [0.5, 0.6) is 0 Å². The van der Waals surface area contributed by atoms with Crippen LogP contribution >= 0.6 is 0 Å². The van der Waals surface area contributed by atoms with Crippen LogP contribution in [0.3, 0.4) is 0 Å². The van der Waals surface area contributed by atoms with Crippen molar-refractivity contribution in [3.05, 3.63) is 29.3 Å². The fourth-order valence-corrected chi connectivity index (χ4v) is 1.61. The van der Waals surface area contributed by atoms with E-state index >= 15 is 0 Å². The average Bonchev–Trinajstić information content (AvgIpc) is 2.20. The first-order valence-electron chi connectivity index (χ1n) is 5.57. The van der Waals surface area contributed by atoms with E-state index in [4.69, 9.17) is 5.73 Å². The van der Waals surface area contributed by atoms with Crippen LogP contribution in [-0.2, 0) is 6.42 Å². The maximum atomic E-state index is 5.96. The lowest BCUT2D eigenvalue weighted by molar-refractivity contribution is 0.644. The molecule has 0 bridgehead atoms. The van der Waals surface area contributed by atoms with Crippen molar-refractivity contribution in [3.8, 4) is 0 Å². The number of hydrogen-bond donors (Lipinski definition) is 1. The zero-order chi connectivity index (χ0) is 11.4. The van der Waals surface area contributed by atoms with Gasteiger partial charge in [-0.05, 0) is 43.0 Å². The summed E-state index contributed by atoms with van der Waals surface area (Å²) in [5.74, 6) is 0. The molecule has 0 amide bonds. The van der Waals surface area contributed by atoms with Gasteiger partial charge in [0, 0.05) is 25.8 Å². The summed E-state index contributed by atoms with van der Waals surface area (Å²) in [6.45, 7) is 4.29. The fourth-order valence-electron chi connectivity index (χ4n) is 1.61. The maximum Gasteiger partial charge on any atom is 0.0363 e. The smallest absolute Gasteiger partial charge is 0.0363 e. The Balaban J connectivity index is 2.83. The third-order valence-corrected chi connectivity index (χ3v) is 2.85. The van der Waals surface area contributed by atoms with Gasteiger partial charge in [0.15, 0.2) is 0 Å². The Morgan fingerprint density at radius 3 is 2.47 bits per heavy atom. The highest BCUT2D eigenvalue weighted by Gasteiger charge is 2.05. The first-order valence-corrected chi connectivity index (χ1v) is 5.57. The second-order valence-corrected chi connectivity index (χ2v) is 4.38. The summed E-state index contributed by atoms with van der Waals surface area (Å²) in [6.07, 6.45) is 2.02. The molecule has 0 aliphatic heterocycles. The average molecular weight is 206 g/mol. The van der Waals surface area contributed by atoms with Crippen molar-refractivity contribution in [2.45, 2.75) is 32.7 Å². The number of nitrogens with two attached hydrogens (primary N) is 1. The summed E-state index contributed by atoms with van der Waals surface area (Å²) in [4.78, 5) is 2.12. The van der Waals surface area contributed by atoms with E-state index in [1.807, 2.05) is 0 Å². The van der Waals surface area contributed by atoms with E-state index in [0.29, 0.717) is 0 Å². The van der Waals surface area contributed by atoms with Crippen molar-refractivity contribution >= 4 is 5.69 Å². The van der Waals surface area contributed by atoms with Gasteiger partial charge < -0.3 is 10.6 Å². The number of benzene rings is 1. The van der Waals surface area contributed by atoms with E-state index in [9.17, 15) is 0 Å². The summed E-state index contributed by atoms with van der Waals surface area (Å²) in [7, 11) is 4.12. The molecule has 0 aromatic heterocycles. The topological polar surface area (TPSA) is 29.3 Å². The quantitative estimate of drug-likeness (QED) is 0.819. The first-order chi connectivity index (χ1) is 7.04. The highest BCUT2D eigenvalue weighted by Crippen LogP contribution is 2.18. The lowest BCUT2D eigenvalue weighted by Crippen LogP contribution is -2.22. The Bertz CT molecular complexity index is 318. The van der Waals surface area contributed by atoms with Crippen LogP contribution in [0.15, 0.2) is 18.2 Å². The summed E-state index contributed by atoms with van der Waals surface area (Å²) in [5, 5.41) is 0. The lowest BCUT2D eigenvalue weighted by Gasteiger charge is -2.16. The molecule has 2 heteroatoms. The van der Waals surface area contributed by atoms with Gasteiger partial charge in [-0.1, -0.05) is 13.0 Å². The molecular weight excluding hydrogens is 184 g/mol. The number of aryl methyl sites for hydroxylation is 1. The van der Waals surface area contributed by atoms with Gasteiger partial charge in [0.2, 0.25) is 0 Å². The van der Waals surface area contributed by atoms with Gasteiger partial charge in [-0.2, -0.15) is 0 Å². The third kappa shape index (κ3) is 3.24. The van der Waals surface area contributed by atoms with Crippen molar-refractivity contribution in [1.82, 2.24) is 0 Å². The van der Waals surface area contributed by atoms with E-state index in [0.717, 1.165) is 12.8 Å². The summed E-state index contributed by atoms with van der Waals surface area (Å²) >= 11 is 0. The maximum absolute atomic E-state index is 5.96. The first kappa shape index (κ1) is 12.1. The molecule has 1 rings (SSSR count). The van der Waals surface area contributed by atoms with Gasteiger partial charge in [-0.15, -0.1) is 0 Å². The molecule has 0 fully saturated rings. The normalized spacial score (nSPS) is 12.6. The van der Waals surface area contributed by atoms with Crippen LogP contribution in [0.2, 0.25) is 0 Å². The molecule has 2 nitrogen and oxygen atoms in total. The molecule has 0 radical (unpaired) electrons. The van der Waals surface area contributed by atoms with Gasteiger partial charge >= 0.3 is 0 Å². The Kier molecular flexibility index (Phi) is 4.15. The lowest BCUT2D eigenvalue weighted by atomic mass is 9.99. The molecule has 84 valence electrons. The number of nitrogens with zero attached hydrogens (tertiary/aromatic N) is 1. The van der Waals surface area contributed by atoms with Crippen LogP contribution in [0.1, 0.15) is 24.5 Å². The largest absolute Gasteiger partial charge is 0.378 e. The Hall–Kier alpha value is -1.02. The minimum atomic E-state index is 0.286. The predicted molar refractivity (Wildman–Crippen MR) is 67.5 cm³/mol. The molecule has 0 saturated carbocycles. The van der Waals surface area contributed by atoms with E-state index < -0.39 is 0 Å². The SMILES string of the molecule is CCC(N)Cc1ccc(N(C)C)cc1C. The Morgan fingerprint density at radius 1 is 1.33 bits per heavy atom. The molecule has 2 N–H and O–H groups in total. The molecule has 1 aromatic carbocycles. The molecule has 0 saturated heterocycles. The molecule has 1 atom stereocenters. The van der Waals surface area contributed by atoms with Gasteiger partial charge in [-0.25, -0.2) is 0 Å². The minimum Gasteiger partial charge on any atom is -0.378 e. The van der Waals surface area contributed by atoms with E-state index in [-0.39, 0.29) is 6.04 Å². The second-order valence-electron chi connectivity index (χ2n) is 4.38. The van der Waals surface area contributed by atoms with Crippen LogP contribution in [0.25, 0.3) is 0 Å². The highest BCUT2D eigenvalue weighted by atomic mass is 15.1. The zero-order valence-electron chi connectivity index (χ0n) is 10.2. The highest BCUT2D eigenvalue weighted by molar-refractivity contribution is 5.49. The Morgan fingerprint density at radius 2 is 2.00 bits per heavy atom. The predicted octanol–water partition coefficient (Wildman–Crippen LogP) is 2.34. The molecule has 0 aliphatic carbocycles. The van der Waals surface area contributed by atoms with Crippen molar-refractivity contribution in [3.63, 3.8) is 0 Å². The van der Waals surface area contributed by atoms with E-state index in [2.05, 4.69) is 51.0 Å². The van der Waals surface area contributed by atoms with Crippen LogP contribution in [0.4, 0.5) is 5.69 Å². The molecule has 1 aromatic rings. The van der Waals surface area contributed by atoms with Crippen LogP contribution < -0.4 is 10.6 Å². The number of hydrogen-bond acceptors (Lipinski definition) is 2. The van der Waals surface area contributed by atoms with Crippen LogP contribution in [-0.4, -0.2) is 20.1 Å². The fraction of sp³-hybridized carbons (Fsp3) is 0.538. The molecule has 15 heavy (non-hydrogen) atoms. The number of rotatable bonds is 4. The van der Waals surface area contributed by atoms with E-state index in [1.54, 1.807) is 0 Å². The molecule has 0 heterocycles. The van der Waals surface area contributed by atoms with Crippen molar-refractivity contribution in [2.24, 2.45) is 5.73 Å². The van der Waals surface area contributed by atoms with Gasteiger partial charge in [0.05, 0.1) is 0 Å². The van der Waals surface area contributed by atoms with Gasteiger partial charge in [-0.3, -0.25) is 0 Å². The van der Waals surface area contributed by atoms with Gasteiger partial charge in [0.25, 0.3) is 0 Å². The zero-order valence-corrected chi connectivity index (χ0v) is 10.2. The van der Waals surface area contributed by atoms with Crippen molar-refractivity contribution in [1.29, 1.82) is 0 Å². The van der Waals surface area contributed by atoms with E-state index in [1.165, 1.54) is 16.8 Å². The van der Waals surface area contributed by atoms with Crippen LogP contribution in [0, 0.1) is 6.92 Å². The summed E-state index contributed by atoms with van der Waals surface area (Å²) < 4.78 is 0. The van der Waals surface area contributed by atoms with Crippen molar-refractivity contribution < 1.29 is 0 Å². The Labute approximate surface area is 93.1 Å². The van der Waals surface area contributed by atoms with Gasteiger partial charge in [0.1, 0.15) is 0 Å². The molecule has 0 spiro atoms.